The van der Waals surface area contributed by atoms with Crippen molar-refractivity contribution < 1.29 is 0 Å². The van der Waals surface area contributed by atoms with E-state index in [-0.39, 0.29) is 5.54 Å². The van der Waals surface area contributed by atoms with Crippen LogP contribution in [-0.2, 0) is 0 Å². The second-order valence-corrected chi connectivity index (χ2v) is 4.92. The number of nitrogens with zero attached hydrogens (tertiary/aromatic N) is 1. The molecule has 0 aromatic carbocycles. The van der Waals surface area contributed by atoms with E-state index < -0.39 is 0 Å². The van der Waals surface area contributed by atoms with E-state index in [1.165, 1.54) is 12.8 Å². The molecule has 1 aliphatic rings. The van der Waals surface area contributed by atoms with Gasteiger partial charge in [0.05, 0.1) is 0 Å². The number of likely N-dealkylation sites (N-methyl/N-ethyl adjacent to an activating group) is 2. The molecule has 1 aliphatic carbocycles. The summed E-state index contributed by atoms with van der Waals surface area (Å²) in [6, 6.07) is 0.660. The van der Waals surface area contributed by atoms with Gasteiger partial charge in [-0.25, -0.2) is 0 Å². The van der Waals surface area contributed by atoms with Crippen molar-refractivity contribution in [1.29, 1.82) is 0 Å². The van der Waals surface area contributed by atoms with Gasteiger partial charge in [-0.2, -0.15) is 0 Å². The number of hydrogen-bond acceptors (Lipinski definition) is 2. The maximum absolute atomic E-state index is 3.62. The quantitative estimate of drug-likeness (QED) is 0.700. The topological polar surface area (TPSA) is 15.3 Å². The normalized spacial score (nSPS) is 20.8. The maximum Gasteiger partial charge on any atom is 0.0302 e. The molecule has 13 heavy (non-hydrogen) atoms. The Morgan fingerprint density at radius 1 is 1.38 bits per heavy atom. The third-order valence-electron chi connectivity index (χ3n) is 3.43. The Morgan fingerprint density at radius 2 is 1.92 bits per heavy atom. The SMILES string of the molecule is CCNC(C1CC1)C(C)(C)N(C)C. The van der Waals surface area contributed by atoms with Crippen LogP contribution in [0.2, 0.25) is 0 Å². The summed E-state index contributed by atoms with van der Waals surface area (Å²) < 4.78 is 0. The lowest BCUT2D eigenvalue weighted by Crippen LogP contribution is -2.56. The highest BCUT2D eigenvalue weighted by atomic mass is 15.2. The molecule has 0 saturated heterocycles. The highest BCUT2D eigenvalue weighted by Gasteiger charge is 2.41. The molecule has 2 nitrogen and oxygen atoms in total. The summed E-state index contributed by atoms with van der Waals surface area (Å²) >= 11 is 0. The summed E-state index contributed by atoms with van der Waals surface area (Å²) in [5, 5.41) is 3.62. The molecule has 0 aromatic rings. The third kappa shape index (κ3) is 2.44. The van der Waals surface area contributed by atoms with Crippen LogP contribution >= 0.6 is 0 Å². The van der Waals surface area contributed by atoms with E-state index >= 15 is 0 Å². The van der Waals surface area contributed by atoms with Crippen LogP contribution in [-0.4, -0.2) is 37.1 Å². The Balaban J connectivity index is 2.61. The summed E-state index contributed by atoms with van der Waals surface area (Å²) in [7, 11) is 4.35. The fraction of sp³-hybridized carbons (Fsp3) is 1.00. The molecule has 0 aromatic heterocycles. The Morgan fingerprint density at radius 3 is 2.23 bits per heavy atom. The minimum atomic E-state index is 0.275. The number of nitrogens with one attached hydrogen (secondary N) is 1. The van der Waals surface area contributed by atoms with E-state index in [9.17, 15) is 0 Å². The van der Waals surface area contributed by atoms with Gasteiger partial charge in [-0.3, -0.25) is 0 Å². The molecule has 1 rings (SSSR count). The molecule has 0 heterocycles. The lowest BCUT2D eigenvalue weighted by molar-refractivity contribution is 0.126. The van der Waals surface area contributed by atoms with Gasteiger partial charge in [-0.15, -0.1) is 0 Å². The molecule has 0 spiro atoms. The van der Waals surface area contributed by atoms with Gasteiger partial charge in [0.2, 0.25) is 0 Å². The molecule has 0 bridgehead atoms. The van der Waals surface area contributed by atoms with E-state index in [1.54, 1.807) is 0 Å². The number of hydrogen-bond donors (Lipinski definition) is 1. The van der Waals surface area contributed by atoms with Crippen LogP contribution in [0.5, 0.6) is 0 Å². The molecule has 0 radical (unpaired) electrons. The zero-order chi connectivity index (χ0) is 10.1. The van der Waals surface area contributed by atoms with Crippen LogP contribution < -0.4 is 5.32 Å². The first-order valence-corrected chi connectivity index (χ1v) is 5.41. The summed E-state index contributed by atoms with van der Waals surface area (Å²) in [4.78, 5) is 2.33. The van der Waals surface area contributed by atoms with Crippen molar-refractivity contribution in [2.75, 3.05) is 20.6 Å². The Labute approximate surface area is 82.7 Å². The van der Waals surface area contributed by atoms with Gasteiger partial charge in [0, 0.05) is 11.6 Å². The highest BCUT2D eigenvalue weighted by molar-refractivity contribution is 5.00. The zero-order valence-corrected chi connectivity index (χ0v) is 9.72. The molecular weight excluding hydrogens is 160 g/mol. The summed E-state index contributed by atoms with van der Waals surface area (Å²) in [5.41, 5.74) is 0.275. The van der Waals surface area contributed by atoms with Crippen molar-refractivity contribution in [3.8, 4) is 0 Å². The summed E-state index contributed by atoms with van der Waals surface area (Å²) in [5.74, 6) is 0.914. The Bertz CT molecular complexity index is 159. The Hall–Kier alpha value is -0.0800. The maximum atomic E-state index is 3.62. The van der Waals surface area contributed by atoms with Crippen molar-refractivity contribution in [3.63, 3.8) is 0 Å². The van der Waals surface area contributed by atoms with Crippen LogP contribution in [0, 0.1) is 5.92 Å². The van der Waals surface area contributed by atoms with Crippen LogP contribution in [0.15, 0.2) is 0 Å². The molecule has 1 atom stereocenters. The van der Waals surface area contributed by atoms with Crippen molar-refractivity contribution in [2.45, 2.75) is 45.2 Å². The molecule has 78 valence electrons. The van der Waals surface area contributed by atoms with E-state index in [0.29, 0.717) is 6.04 Å². The lowest BCUT2D eigenvalue weighted by atomic mass is 9.89. The lowest BCUT2D eigenvalue weighted by Gasteiger charge is -2.41. The molecule has 0 amide bonds. The average molecular weight is 184 g/mol. The monoisotopic (exact) mass is 184 g/mol. The van der Waals surface area contributed by atoms with Gasteiger partial charge < -0.3 is 10.2 Å². The van der Waals surface area contributed by atoms with Gasteiger partial charge in [0.1, 0.15) is 0 Å². The minimum absolute atomic E-state index is 0.275. The smallest absolute Gasteiger partial charge is 0.0302 e. The predicted octanol–water partition coefficient (Wildman–Crippen LogP) is 1.71. The predicted molar refractivity (Wildman–Crippen MR) is 58.0 cm³/mol. The largest absolute Gasteiger partial charge is 0.312 e. The van der Waals surface area contributed by atoms with Crippen molar-refractivity contribution in [2.24, 2.45) is 5.92 Å². The molecular formula is C11H24N2. The van der Waals surface area contributed by atoms with Gasteiger partial charge in [0.25, 0.3) is 0 Å². The fourth-order valence-electron chi connectivity index (χ4n) is 1.92. The number of rotatable bonds is 5. The Kier molecular flexibility index (Phi) is 3.36. The molecule has 1 fully saturated rings. The standard InChI is InChI=1S/C11H24N2/c1-6-12-10(9-7-8-9)11(2,3)13(4)5/h9-10,12H,6-8H2,1-5H3. The van der Waals surface area contributed by atoms with E-state index in [2.05, 4.69) is 45.1 Å². The minimum Gasteiger partial charge on any atom is -0.312 e. The van der Waals surface area contributed by atoms with Crippen LogP contribution in [0.25, 0.3) is 0 Å². The van der Waals surface area contributed by atoms with Gasteiger partial charge in [0.15, 0.2) is 0 Å². The van der Waals surface area contributed by atoms with Crippen molar-refractivity contribution in [1.82, 2.24) is 10.2 Å². The van der Waals surface area contributed by atoms with Crippen molar-refractivity contribution >= 4 is 0 Å². The first-order chi connectivity index (χ1) is 6.00. The fourth-order valence-corrected chi connectivity index (χ4v) is 1.92. The summed E-state index contributed by atoms with van der Waals surface area (Å²) in [6.07, 6.45) is 2.82. The molecule has 1 N–H and O–H groups in total. The first-order valence-electron chi connectivity index (χ1n) is 5.41. The van der Waals surface area contributed by atoms with Crippen molar-refractivity contribution in [3.05, 3.63) is 0 Å². The molecule has 0 aliphatic heterocycles. The summed E-state index contributed by atoms with van der Waals surface area (Å²) in [6.45, 7) is 7.94. The van der Waals surface area contributed by atoms with E-state index in [0.717, 1.165) is 12.5 Å². The van der Waals surface area contributed by atoms with Gasteiger partial charge >= 0.3 is 0 Å². The zero-order valence-electron chi connectivity index (χ0n) is 9.72. The van der Waals surface area contributed by atoms with Crippen LogP contribution in [0.3, 0.4) is 0 Å². The molecule has 1 saturated carbocycles. The third-order valence-corrected chi connectivity index (χ3v) is 3.43. The molecule has 1 unspecified atom stereocenters. The van der Waals surface area contributed by atoms with Gasteiger partial charge in [-0.1, -0.05) is 6.92 Å². The van der Waals surface area contributed by atoms with E-state index in [4.69, 9.17) is 0 Å². The van der Waals surface area contributed by atoms with Crippen LogP contribution in [0.4, 0.5) is 0 Å². The average Bonchev–Trinajstić information content (AvgIpc) is 2.82. The first kappa shape index (κ1) is 11.0. The second-order valence-electron chi connectivity index (χ2n) is 4.92. The molecule has 2 heteroatoms. The second kappa shape index (κ2) is 3.97. The highest BCUT2D eigenvalue weighted by Crippen LogP contribution is 2.38. The van der Waals surface area contributed by atoms with E-state index in [1.807, 2.05) is 0 Å². The van der Waals surface area contributed by atoms with Crippen LogP contribution in [0.1, 0.15) is 33.6 Å². The van der Waals surface area contributed by atoms with Gasteiger partial charge in [-0.05, 0) is 53.2 Å².